The molecule has 1 atom stereocenters. The number of carbonyl (C=O) groups is 1. The van der Waals surface area contributed by atoms with Gasteiger partial charge in [-0.2, -0.15) is 5.10 Å². The molecule has 7 heteroatoms. The zero-order valence-electron chi connectivity index (χ0n) is 18.8. The number of ether oxygens (including phenoxy) is 1. The number of amides is 1. The quantitative estimate of drug-likeness (QED) is 0.445. The molecule has 3 heterocycles. The molecule has 1 aliphatic heterocycles. The van der Waals surface area contributed by atoms with Gasteiger partial charge in [0, 0.05) is 19.3 Å². The number of benzene rings is 2. The minimum Gasteiger partial charge on any atom is -0.482 e. The first-order valence-electron chi connectivity index (χ1n) is 11.2. The molecule has 0 aliphatic carbocycles. The Bertz CT molecular complexity index is 1360. The summed E-state index contributed by atoms with van der Waals surface area (Å²) in [5.41, 5.74) is 2.72. The van der Waals surface area contributed by atoms with Crippen LogP contribution in [0.15, 0.2) is 89.9 Å². The van der Waals surface area contributed by atoms with Crippen LogP contribution < -0.4 is 10.2 Å². The van der Waals surface area contributed by atoms with Crippen molar-refractivity contribution in [3.05, 3.63) is 123 Å². The zero-order chi connectivity index (χ0) is 23.5. The van der Waals surface area contributed by atoms with Crippen LogP contribution in [0.2, 0.25) is 0 Å². The van der Waals surface area contributed by atoms with Gasteiger partial charge in [-0.1, -0.05) is 66.7 Å². The molecular weight excluding hydrogens is 428 g/mol. The van der Waals surface area contributed by atoms with Gasteiger partial charge in [0.15, 0.2) is 11.4 Å². The van der Waals surface area contributed by atoms with Crippen molar-refractivity contribution in [3.8, 4) is 5.75 Å². The minimum absolute atomic E-state index is 0.0278. The molecule has 0 bridgehead atoms. The predicted molar refractivity (Wildman–Crippen MR) is 128 cm³/mol. The molecule has 2 aromatic carbocycles. The highest BCUT2D eigenvalue weighted by Crippen LogP contribution is 2.30. The van der Waals surface area contributed by atoms with Gasteiger partial charge in [-0.05, 0) is 30.2 Å². The van der Waals surface area contributed by atoms with Gasteiger partial charge in [0.05, 0.1) is 5.69 Å². The number of aromatic nitrogens is 3. The van der Waals surface area contributed by atoms with Crippen molar-refractivity contribution in [1.29, 1.82) is 0 Å². The summed E-state index contributed by atoms with van der Waals surface area (Å²) < 4.78 is 7.63. The van der Waals surface area contributed by atoms with Crippen LogP contribution in [-0.2, 0) is 13.2 Å². The topological polar surface area (TPSA) is 77.3 Å². The van der Waals surface area contributed by atoms with Gasteiger partial charge in [-0.3, -0.25) is 14.6 Å². The number of rotatable bonds is 6. The third-order valence-corrected chi connectivity index (χ3v) is 5.89. The smallest absolute Gasteiger partial charge is 0.276 e. The van der Waals surface area contributed by atoms with Gasteiger partial charge in [0.1, 0.15) is 18.3 Å². The molecule has 1 aliphatic rings. The van der Waals surface area contributed by atoms with Crippen molar-refractivity contribution in [2.24, 2.45) is 0 Å². The number of hydrogen-bond acceptors (Lipinski definition) is 5. The van der Waals surface area contributed by atoms with Crippen molar-refractivity contribution in [2.45, 2.75) is 26.1 Å². The molecule has 1 unspecified atom stereocenters. The number of pyridine rings is 1. The SMILES string of the molecule is Cc1nn2c(c(OCc3ccccc3)c1=O)C(=O)N(Cc1ccccc1)CC2c1ccccn1. The molecule has 0 spiro atoms. The van der Waals surface area contributed by atoms with Crippen LogP contribution in [0.4, 0.5) is 0 Å². The van der Waals surface area contributed by atoms with E-state index in [-0.39, 0.29) is 41.1 Å². The monoisotopic (exact) mass is 452 g/mol. The molecule has 34 heavy (non-hydrogen) atoms. The lowest BCUT2D eigenvalue weighted by Crippen LogP contribution is -2.46. The molecule has 0 radical (unpaired) electrons. The summed E-state index contributed by atoms with van der Waals surface area (Å²) in [6.07, 6.45) is 1.72. The Morgan fingerprint density at radius 3 is 2.26 bits per heavy atom. The molecular formula is C27H24N4O3. The Hall–Kier alpha value is -4.26. The fraction of sp³-hybridized carbons (Fsp3) is 0.185. The molecule has 0 saturated heterocycles. The van der Waals surface area contributed by atoms with Gasteiger partial charge in [0.25, 0.3) is 5.91 Å². The Morgan fingerprint density at radius 1 is 0.912 bits per heavy atom. The molecule has 2 aromatic heterocycles. The number of carbonyl (C=O) groups excluding carboxylic acids is 1. The standard InChI is InChI=1S/C27H24N4O3/c1-19-25(32)26(34-18-21-12-6-3-7-13-21)24-27(33)30(16-20-10-4-2-5-11-20)17-23(31(24)29-19)22-14-8-9-15-28-22/h2-15,23H,16-18H2,1H3. The molecule has 0 saturated carbocycles. The van der Waals surface area contributed by atoms with E-state index >= 15 is 0 Å². The van der Waals surface area contributed by atoms with E-state index in [9.17, 15) is 9.59 Å². The van der Waals surface area contributed by atoms with Gasteiger partial charge < -0.3 is 9.64 Å². The number of fused-ring (bicyclic) bond motifs is 1. The van der Waals surface area contributed by atoms with E-state index in [0.717, 1.165) is 16.8 Å². The van der Waals surface area contributed by atoms with Crippen LogP contribution in [0.25, 0.3) is 0 Å². The van der Waals surface area contributed by atoms with E-state index in [1.165, 1.54) is 0 Å². The largest absolute Gasteiger partial charge is 0.482 e. The van der Waals surface area contributed by atoms with E-state index in [2.05, 4.69) is 10.1 Å². The first-order valence-corrected chi connectivity index (χ1v) is 11.2. The van der Waals surface area contributed by atoms with E-state index in [4.69, 9.17) is 4.74 Å². The Balaban J connectivity index is 1.61. The molecule has 170 valence electrons. The maximum atomic E-state index is 13.7. The maximum Gasteiger partial charge on any atom is 0.276 e. The highest BCUT2D eigenvalue weighted by atomic mass is 16.5. The van der Waals surface area contributed by atoms with Crippen LogP contribution in [0.5, 0.6) is 5.75 Å². The first-order chi connectivity index (χ1) is 16.6. The number of aryl methyl sites for hydroxylation is 1. The summed E-state index contributed by atoms with van der Waals surface area (Å²) in [5, 5.41) is 4.52. The molecule has 0 fully saturated rings. The van der Waals surface area contributed by atoms with Crippen LogP contribution in [0.3, 0.4) is 0 Å². The van der Waals surface area contributed by atoms with Crippen LogP contribution in [0, 0.1) is 6.92 Å². The third-order valence-electron chi connectivity index (χ3n) is 5.89. The van der Waals surface area contributed by atoms with Crippen molar-refractivity contribution in [3.63, 3.8) is 0 Å². The third kappa shape index (κ3) is 4.20. The van der Waals surface area contributed by atoms with Gasteiger partial charge in [-0.15, -0.1) is 0 Å². The van der Waals surface area contributed by atoms with E-state index in [1.54, 1.807) is 22.7 Å². The van der Waals surface area contributed by atoms with E-state index in [0.29, 0.717) is 13.1 Å². The molecule has 5 rings (SSSR count). The minimum atomic E-state index is -0.378. The van der Waals surface area contributed by atoms with Crippen LogP contribution in [-0.4, -0.2) is 32.1 Å². The second-order valence-electron chi connectivity index (χ2n) is 8.25. The Labute approximate surface area is 197 Å². The van der Waals surface area contributed by atoms with Crippen molar-refractivity contribution in [2.75, 3.05) is 6.54 Å². The van der Waals surface area contributed by atoms with Crippen molar-refractivity contribution >= 4 is 5.91 Å². The number of hydrogen-bond donors (Lipinski definition) is 0. The van der Waals surface area contributed by atoms with Crippen molar-refractivity contribution in [1.82, 2.24) is 19.7 Å². The lowest BCUT2D eigenvalue weighted by atomic mass is 10.1. The summed E-state index contributed by atoms with van der Waals surface area (Å²) in [6.45, 7) is 2.60. The van der Waals surface area contributed by atoms with Gasteiger partial charge >= 0.3 is 0 Å². The summed E-state index contributed by atoms with van der Waals surface area (Å²) in [5.74, 6) is -0.260. The van der Waals surface area contributed by atoms with Crippen LogP contribution in [0.1, 0.15) is 39.0 Å². The predicted octanol–water partition coefficient (Wildman–Crippen LogP) is 3.77. The highest BCUT2D eigenvalue weighted by molar-refractivity contribution is 5.96. The lowest BCUT2D eigenvalue weighted by molar-refractivity contribution is 0.0643. The molecule has 0 N–H and O–H groups in total. The fourth-order valence-corrected chi connectivity index (χ4v) is 4.17. The lowest BCUT2D eigenvalue weighted by Gasteiger charge is -2.35. The van der Waals surface area contributed by atoms with Gasteiger partial charge in [0.2, 0.25) is 5.43 Å². The first kappa shape index (κ1) is 21.6. The fourth-order valence-electron chi connectivity index (χ4n) is 4.17. The Morgan fingerprint density at radius 2 is 1.59 bits per heavy atom. The summed E-state index contributed by atoms with van der Waals surface area (Å²) in [4.78, 5) is 33.1. The summed E-state index contributed by atoms with van der Waals surface area (Å²) in [7, 11) is 0. The average Bonchev–Trinajstić information content (AvgIpc) is 2.88. The van der Waals surface area contributed by atoms with Crippen LogP contribution >= 0.6 is 0 Å². The zero-order valence-corrected chi connectivity index (χ0v) is 18.8. The summed E-state index contributed by atoms with van der Waals surface area (Å²) in [6, 6.07) is 24.6. The van der Waals surface area contributed by atoms with E-state index < -0.39 is 0 Å². The van der Waals surface area contributed by atoms with Crippen molar-refractivity contribution < 1.29 is 9.53 Å². The number of nitrogens with zero attached hydrogens (tertiary/aromatic N) is 4. The second-order valence-corrected chi connectivity index (χ2v) is 8.25. The second kappa shape index (κ2) is 9.31. The molecule has 1 amide bonds. The molecule has 7 nitrogen and oxygen atoms in total. The molecule has 4 aromatic rings. The normalized spacial score (nSPS) is 15.1. The van der Waals surface area contributed by atoms with Gasteiger partial charge in [-0.25, -0.2) is 4.68 Å². The highest BCUT2D eigenvalue weighted by Gasteiger charge is 2.37. The Kier molecular flexibility index (Phi) is 5.91. The maximum absolute atomic E-state index is 13.7. The average molecular weight is 453 g/mol. The summed E-state index contributed by atoms with van der Waals surface area (Å²) >= 11 is 0. The van der Waals surface area contributed by atoms with E-state index in [1.807, 2.05) is 78.9 Å².